The molecule has 6 nitrogen and oxygen atoms in total. The van der Waals surface area contributed by atoms with Crippen LogP contribution >= 0.6 is 0 Å². The van der Waals surface area contributed by atoms with E-state index in [0.29, 0.717) is 12.8 Å². The van der Waals surface area contributed by atoms with Gasteiger partial charge in [0, 0.05) is 17.5 Å². The van der Waals surface area contributed by atoms with E-state index in [4.69, 9.17) is 4.74 Å². The quantitative estimate of drug-likeness (QED) is 0.631. The second kappa shape index (κ2) is 6.42. The van der Waals surface area contributed by atoms with Gasteiger partial charge in [-0.15, -0.1) is 0 Å². The number of hydrogen-bond acceptors (Lipinski definition) is 6. The molecule has 1 saturated carbocycles. The molecule has 1 unspecified atom stereocenters. The van der Waals surface area contributed by atoms with Crippen LogP contribution in [0.5, 0.6) is 0 Å². The molecule has 0 radical (unpaired) electrons. The second-order valence-corrected chi connectivity index (χ2v) is 8.53. The van der Waals surface area contributed by atoms with Crippen molar-refractivity contribution < 1.29 is 27.5 Å². The van der Waals surface area contributed by atoms with Crippen LogP contribution in [0, 0.1) is 0 Å². The lowest BCUT2D eigenvalue weighted by molar-refractivity contribution is -0.129. The third-order valence-electron chi connectivity index (χ3n) is 4.92. The minimum atomic E-state index is -3.93. The summed E-state index contributed by atoms with van der Waals surface area (Å²) in [6.45, 7) is 0. The molecule has 0 amide bonds. The summed E-state index contributed by atoms with van der Waals surface area (Å²) in [6, 6.07) is 9.83. The van der Waals surface area contributed by atoms with Crippen molar-refractivity contribution >= 4 is 27.4 Å². The molecule has 1 aliphatic carbocycles. The molecular weight excluding hydrogens is 368 g/mol. The third kappa shape index (κ3) is 2.88. The Morgan fingerprint density at radius 2 is 1.70 bits per heavy atom. The van der Waals surface area contributed by atoms with E-state index in [9.17, 15) is 22.8 Å². The van der Waals surface area contributed by atoms with Crippen LogP contribution in [-0.4, -0.2) is 32.1 Å². The van der Waals surface area contributed by atoms with Gasteiger partial charge in [0.15, 0.2) is 17.7 Å². The molecule has 0 saturated heterocycles. The molecule has 1 atom stereocenters. The summed E-state index contributed by atoms with van der Waals surface area (Å²) < 4.78 is 31.1. The maximum Gasteiger partial charge on any atom is 0.338 e. The van der Waals surface area contributed by atoms with Gasteiger partial charge in [0.2, 0.25) is 9.84 Å². The molecule has 138 valence electrons. The Morgan fingerprint density at radius 1 is 0.963 bits per heavy atom. The van der Waals surface area contributed by atoms with E-state index < -0.39 is 27.7 Å². The molecule has 1 fully saturated rings. The number of esters is 1. The van der Waals surface area contributed by atoms with Gasteiger partial charge in [-0.2, -0.15) is 0 Å². The summed E-state index contributed by atoms with van der Waals surface area (Å²) in [5.41, 5.74) is 0.148. The Morgan fingerprint density at radius 3 is 2.48 bits per heavy atom. The smallest absolute Gasteiger partial charge is 0.338 e. The van der Waals surface area contributed by atoms with Crippen molar-refractivity contribution in [2.24, 2.45) is 0 Å². The number of ketones is 2. The minimum Gasteiger partial charge on any atom is -0.451 e. The summed E-state index contributed by atoms with van der Waals surface area (Å²) in [6.07, 6.45) is 1.64. The highest BCUT2D eigenvalue weighted by Gasteiger charge is 2.35. The predicted molar refractivity (Wildman–Crippen MR) is 94.4 cm³/mol. The number of fused-ring (bicyclic) bond motifs is 2. The zero-order valence-electron chi connectivity index (χ0n) is 14.3. The fourth-order valence-corrected chi connectivity index (χ4v) is 5.16. The summed E-state index contributed by atoms with van der Waals surface area (Å²) in [7, 11) is -3.93. The average Bonchev–Trinajstić information content (AvgIpc) is 2.68. The first-order valence-corrected chi connectivity index (χ1v) is 10.1. The first kappa shape index (κ1) is 17.6. The molecule has 2 aromatic carbocycles. The van der Waals surface area contributed by atoms with Crippen molar-refractivity contribution in [2.45, 2.75) is 41.6 Å². The van der Waals surface area contributed by atoms with Crippen LogP contribution < -0.4 is 0 Å². The van der Waals surface area contributed by atoms with Crippen molar-refractivity contribution in [1.29, 1.82) is 0 Å². The maximum atomic E-state index is 12.9. The van der Waals surface area contributed by atoms with E-state index in [2.05, 4.69) is 0 Å². The summed E-state index contributed by atoms with van der Waals surface area (Å²) >= 11 is 0. The number of hydrogen-bond donors (Lipinski definition) is 0. The fourth-order valence-electron chi connectivity index (χ4n) is 3.48. The van der Waals surface area contributed by atoms with Crippen LogP contribution in [0.25, 0.3) is 0 Å². The molecular formula is C20H16O6S. The monoisotopic (exact) mass is 384 g/mol. The Balaban J connectivity index is 1.71. The van der Waals surface area contributed by atoms with E-state index in [1.54, 1.807) is 12.1 Å². The Kier molecular flexibility index (Phi) is 4.19. The van der Waals surface area contributed by atoms with Gasteiger partial charge in [0.05, 0.1) is 15.4 Å². The van der Waals surface area contributed by atoms with E-state index in [-0.39, 0.29) is 32.3 Å². The SMILES string of the molecule is O=C(OC1CCCCC1=O)c1ccc2c(c1)S(=O)(=O)c1ccccc1C2=O. The Bertz CT molecular complexity index is 1080. The van der Waals surface area contributed by atoms with Crippen molar-refractivity contribution in [3.05, 3.63) is 59.2 Å². The normalized spacial score (nSPS) is 20.5. The predicted octanol–water partition coefficient (Wildman–Crippen LogP) is 2.73. The lowest BCUT2D eigenvalue weighted by atomic mass is 9.96. The molecule has 1 heterocycles. The largest absolute Gasteiger partial charge is 0.451 e. The zero-order chi connectivity index (χ0) is 19.2. The number of carbonyl (C=O) groups excluding carboxylic acids is 3. The lowest BCUT2D eigenvalue weighted by Gasteiger charge is -2.22. The van der Waals surface area contributed by atoms with Gasteiger partial charge < -0.3 is 4.74 Å². The molecule has 2 aliphatic rings. The van der Waals surface area contributed by atoms with E-state index in [0.717, 1.165) is 18.9 Å². The molecule has 4 rings (SSSR count). The lowest BCUT2D eigenvalue weighted by Crippen LogP contribution is -2.30. The topological polar surface area (TPSA) is 94.6 Å². The van der Waals surface area contributed by atoms with E-state index in [1.807, 2.05) is 0 Å². The van der Waals surface area contributed by atoms with Gasteiger partial charge in [-0.25, -0.2) is 13.2 Å². The molecule has 0 aromatic heterocycles. The van der Waals surface area contributed by atoms with Crippen LogP contribution in [0.15, 0.2) is 52.3 Å². The highest BCUT2D eigenvalue weighted by Crippen LogP contribution is 2.35. The van der Waals surface area contributed by atoms with Crippen LogP contribution in [-0.2, 0) is 19.4 Å². The van der Waals surface area contributed by atoms with Crippen molar-refractivity contribution in [2.75, 3.05) is 0 Å². The molecule has 2 aromatic rings. The number of rotatable bonds is 2. The number of Topliss-reactive ketones (excluding diaryl/α,β-unsaturated/α-hetero) is 1. The minimum absolute atomic E-state index is 0.00267. The summed E-state index contributed by atoms with van der Waals surface area (Å²) in [5, 5.41) is 0. The number of carbonyl (C=O) groups is 3. The molecule has 0 spiro atoms. The maximum absolute atomic E-state index is 12.9. The highest BCUT2D eigenvalue weighted by molar-refractivity contribution is 7.91. The first-order valence-electron chi connectivity index (χ1n) is 8.66. The first-order chi connectivity index (χ1) is 12.9. The molecule has 0 bridgehead atoms. The number of benzene rings is 2. The zero-order valence-corrected chi connectivity index (χ0v) is 15.1. The van der Waals surface area contributed by atoms with Crippen LogP contribution in [0.4, 0.5) is 0 Å². The van der Waals surface area contributed by atoms with Crippen LogP contribution in [0.3, 0.4) is 0 Å². The van der Waals surface area contributed by atoms with Gasteiger partial charge in [0.1, 0.15) is 0 Å². The summed E-state index contributed by atoms with van der Waals surface area (Å²) in [5.74, 6) is -1.29. The van der Waals surface area contributed by atoms with E-state index in [1.165, 1.54) is 24.3 Å². The van der Waals surface area contributed by atoms with Gasteiger partial charge in [-0.05, 0) is 49.6 Å². The van der Waals surface area contributed by atoms with Crippen LogP contribution in [0.2, 0.25) is 0 Å². The fraction of sp³-hybridized carbons (Fsp3) is 0.250. The average molecular weight is 384 g/mol. The standard InChI is InChI=1S/C20H16O6S/c21-15-6-2-3-7-16(15)26-20(23)12-9-10-14-18(11-12)27(24,25)17-8-4-1-5-13(17)19(14)22/h1,4-5,8-11,16H,2-3,6-7H2. The molecule has 0 N–H and O–H groups in total. The Labute approximate surface area is 156 Å². The molecule has 7 heteroatoms. The second-order valence-electron chi connectivity index (χ2n) is 6.65. The van der Waals surface area contributed by atoms with Gasteiger partial charge in [-0.1, -0.05) is 12.1 Å². The van der Waals surface area contributed by atoms with Gasteiger partial charge >= 0.3 is 5.97 Å². The van der Waals surface area contributed by atoms with Crippen molar-refractivity contribution in [3.8, 4) is 0 Å². The van der Waals surface area contributed by atoms with Crippen molar-refractivity contribution in [1.82, 2.24) is 0 Å². The third-order valence-corrected chi connectivity index (χ3v) is 6.77. The summed E-state index contributed by atoms with van der Waals surface area (Å²) in [4.78, 5) is 36.6. The molecule has 27 heavy (non-hydrogen) atoms. The number of ether oxygens (including phenoxy) is 1. The number of sulfone groups is 1. The Hall–Kier alpha value is -2.80. The van der Waals surface area contributed by atoms with Crippen molar-refractivity contribution in [3.63, 3.8) is 0 Å². The van der Waals surface area contributed by atoms with Gasteiger partial charge in [-0.3, -0.25) is 9.59 Å². The van der Waals surface area contributed by atoms with Crippen LogP contribution in [0.1, 0.15) is 52.0 Å². The van der Waals surface area contributed by atoms with Gasteiger partial charge in [0.25, 0.3) is 0 Å². The highest BCUT2D eigenvalue weighted by atomic mass is 32.2. The van der Waals surface area contributed by atoms with E-state index >= 15 is 0 Å². The molecule has 1 aliphatic heterocycles.